The molecule has 3 saturated carbocycles. The minimum atomic E-state index is -0.674. The van der Waals surface area contributed by atoms with Crippen LogP contribution < -0.4 is 0 Å². The summed E-state index contributed by atoms with van der Waals surface area (Å²) >= 11 is 0. The Morgan fingerprint density at radius 1 is 1.00 bits per heavy atom. The van der Waals surface area contributed by atoms with Gasteiger partial charge in [-0.05, 0) is 67.1 Å². The van der Waals surface area contributed by atoms with Crippen molar-refractivity contribution in [1.82, 2.24) is 0 Å². The standard InChI is InChI=1S/C19H30O4/c1-18-5-3-11(20)7-10(18)8-14(21)16-12(18)4-6-19(2)13(16)9-15(22)17(19)23/h8,11-17,20-23H,3-7,9H2,1-2H3/t11-,12-,13-,14-,15-,16+,17+,18-,19-/m0/s1. The molecular weight excluding hydrogens is 292 g/mol. The maximum absolute atomic E-state index is 10.9. The van der Waals surface area contributed by atoms with Crippen molar-refractivity contribution in [2.75, 3.05) is 0 Å². The van der Waals surface area contributed by atoms with E-state index in [1.807, 2.05) is 6.08 Å². The maximum atomic E-state index is 10.9. The molecule has 3 fully saturated rings. The number of fused-ring (bicyclic) bond motifs is 5. The van der Waals surface area contributed by atoms with Crippen LogP contribution in [0.5, 0.6) is 0 Å². The third-order valence-corrected chi connectivity index (χ3v) is 8.08. The fraction of sp³-hybridized carbons (Fsp3) is 0.895. The van der Waals surface area contributed by atoms with E-state index in [1.54, 1.807) is 0 Å². The zero-order valence-corrected chi connectivity index (χ0v) is 14.2. The summed E-state index contributed by atoms with van der Waals surface area (Å²) < 4.78 is 0. The van der Waals surface area contributed by atoms with E-state index in [2.05, 4.69) is 13.8 Å². The zero-order valence-electron chi connectivity index (χ0n) is 14.2. The van der Waals surface area contributed by atoms with Crippen LogP contribution >= 0.6 is 0 Å². The van der Waals surface area contributed by atoms with Crippen molar-refractivity contribution in [1.29, 1.82) is 0 Å². The van der Waals surface area contributed by atoms with Gasteiger partial charge in [0.05, 0.1) is 24.4 Å². The number of aliphatic hydroxyl groups excluding tert-OH is 4. The highest BCUT2D eigenvalue weighted by Crippen LogP contribution is 2.64. The average molecular weight is 322 g/mol. The van der Waals surface area contributed by atoms with Crippen molar-refractivity contribution in [3.63, 3.8) is 0 Å². The summed E-state index contributed by atoms with van der Waals surface area (Å²) in [6, 6.07) is 0. The molecule has 0 saturated heterocycles. The van der Waals surface area contributed by atoms with Crippen molar-refractivity contribution in [2.45, 2.75) is 76.8 Å². The van der Waals surface area contributed by atoms with E-state index in [0.717, 1.165) is 25.7 Å². The lowest BCUT2D eigenvalue weighted by atomic mass is 9.47. The Morgan fingerprint density at radius 3 is 2.48 bits per heavy atom. The largest absolute Gasteiger partial charge is 0.393 e. The highest BCUT2D eigenvalue weighted by molar-refractivity contribution is 5.28. The maximum Gasteiger partial charge on any atom is 0.0855 e. The van der Waals surface area contributed by atoms with E-state index >= 15 is 0 Å². The lowest BCUT2D eigenvalue weighted by Crippen LogP contribution is -2.55. The molecule has 0 radical (unpaired) electrons. The van der Waals surface area contributed by atoms with Gasteiger partial charge in [-0.1, -0.05) is 25.5 Å². The Bertz CT molecular complexity index is 531. The second-order valence-electron chi connectivity index (χ2n) is 9.08. The Morgan fingerprint density at radius 2 is 1.74 bits per heavy atom. The zero-order chi connectivity index (χ0) is 16.6. The van der Waals surface area contributed by atoms with E-state index in [0.29, 0.717) is 18.8 Å². The van der Waals surface area contributed by atoms with Crippen LogP contribution in [0.2, 0.25) is 0 Å². The molecule has 4 aliphatic rings. The first-order valence-electron chi connectivity index (χ1n) is 9.21. The third-order valence-electron chi connectivity index (χ3n) is 8.08. The Balaban J connectivity index is 1.73. The van der Waals surface area contributed by atoms with Gasteiger partial charge in [0.1, 0.15) is 0 Å². The van der Waals surface area contributed by atoms with Crippen LogP contribution in [0.1, 0.15) is 52.4 Å². The lowest BCUT2D eigenvalue weighted by molar-refractivity contribution is -0.110. The molecule has 0 aliphatic heterocycles. The summed E-state index contributed by atoms with van der Waals surface area (Å²) in [5.74, 6) is 0.674. The Kier molecular flexibility index (Phi) is 3.52. The highest BCUT2D eigenvalue weighted by Gasteiger charge is 2.62. The second kappa shape index (κ2) is 5.04. The predicted octanol–water partition coefficient (Wildman–Crippen LogP) is 1.61. The van der Waals surface area contributed by atoms with E-state index in [-0.39, 0.29) is 28.8 Å². The van der Waals surface area contributed by atoms with Crippen LogP contribution in [0.4, 0.5) is 0 Å². The normalized spacial score (nSPS) is 58.9. The number of aliphatic hydroxyl groups is 4. The van der Waals surface area contributed by atoms with Gasteiger partial charge in [-0.15, -0.1) is 0 Å². The van der Waals surface area contributed by atoms with Crippen molar-refractivity contribution in [3.8, 4) is 0 Å². The first-order valence-corrected chi connectivity index (χ1v) is 9.21. The summed E-state index contributed by atoms with van der Waals surface area (Å²) in [4.78, 5) is 0. The van der Waals surface area contributed by atoms with Crippen molar-refractivity contribution < 1.29 is 20.4 Å². The minimum absolute atomic E-state index is 0.0585. The van der Waals surface area contributed by atoms with Crippen LogP contribution in [0.25, 0.3) is 0 Å². The van der Waals surface area contributed by atoms with Gasteiger partial charge < -0.3 is 20.4 Å². The van der Waals surface area contributed by atoms with Crippen molar-refractivity contribution in [2.24, 2.45) is 28.6 Å². The molecule has 0 amide bonds. The van der Waals surface area contributed by atoms with E-state index < -0.39 is 18.3 Å². The number of hydrogen-bond acceptors (Lipinski definition) is 4. The van der Waals surface area contributed by atoms with Gasteiger partial charge in [-0.3, -0.25) is 0 Å². The molecule has 0 aromatic carbocycles. The summed E-state index contributed by atoms with van der Waals surface area (Å²) in [5.41, 5.74) is 1.01. The van der Waals surface area contributed by atoms with Gasteiger partial charge in [0.15, 0.2) is 0 Å². The monoisotopic (exact) mass is 322 g/mol. The van der Waals surface area contributed by atoms with Gasteiger partial charge in [-0.2, -0.15) is 0 Å². The topological polar surface area (TPSA) is 80.9 Å². The average Bonchev–Trinajstić information content (AvgIpc) is 2.73. The van der Waals surface area contributed by atoms with Gasteiger partial charge >= 0.3 is 0 Å². The van der Waals surface area contributed by atoms with Crippen LogP contribution in [0.3, 0.4) is 0 Å². The molecule has 130 valence electrons. The Labute approximate surface area is 138 Å². The molecule has 4 aliphatic carbocycles. The van der Waals surface area contributed by atoms with Gasteiger partial charge in [0, 0.05) is 0 Å². The molecule has 0 aromatic rings. The second-order valence-corrected chi connectivity index (χ2v) is 9.08. The highest BCUT2D eigenvalue weighted by atomic mass is 16.3. The molecule has 23 heavy (non-hydrogen) atoms. The molecule has 0 heterocycles. The molecule has 0 bridgehead atoms. The molecule has 4 rings (SSSR count). The smallest absolute Gasteiger partial charge is 0.0855 e. The van der Waals surface area contributed by atoms with Crippen molar-refractivity contribution in [3.05, 3.63) is 11.6 Å². The van der Waals surface area contributed by atoms with Crippen LogP contribution in [0.15, 0.2) is 11.6 Å². The Hall–Kier alpha value is -0.420. The fourth-order valence-corrected chi connectivity index (χ4v) is 6.62. The van der Waals surface area contributed by atoms with Gasteiger partial charge in [0.2, 0.25) is 0 Å². The molecule has 4 heteroatoms. The van der Waals surface area contributed by atoms with Gasteiger partial charge in [0.25, 0.3) is 0 Å². The SMILES string of the molecule is C[C@]12CC[C@H]3[C@@H]([C@@H](O)C=C4C[C@@H](O)CC[C@@]43C)[C@@H]1C[C@H](O)[C@H]2O. The predicted molar refractivity (Wildman–Crippen MR) is 86.5 cm³/mol. The first-order chi connectivity index (χ1) is 10.8. The first kappa shape index (κ1) is 16.1. The third kappa shape index (κ3) is 2.05. The molecule has 4 N–H and O–H groups in total. The van der Waals surface area contributed by atoms with E-state index in [9.17, 15) is 20.4 Å². The fourth-order valence-electron chi connectivity index (χ4n) is 6.62. The van der Waals surface area contributed by atoms with Crippen LogP contribution in [-0.2, 0) is 0 Å². The summed E-state index contributed by atoms with van der Waals surface area (Å²) in [7, 11) is 0. The number of hydrogen-bond donors (Lipinski definition) is 4. The molecule has 4 nitrogen and oxygen atoms in total. The van der Waals surface area contributed by atoms with E-state index in [4.69, 9.17) is 0 Å². The summed E-state index contributed by atoms with van der Waals surface area (Å²) in [6.07, 6.45) is 4.85. The van der Waals surface area contributed by atoms with Crippen LogP contribution in [0, 0.1) is 28.6 Å². The molecule has 0 spiro atoms. The van der Waals surface area contributed by atoms with E-state index in [1.165, 1.54) is 5.57 Å². The van der Waals surface area contributed by atoms with Crippen molar-refractivity contribution >= 4 is 0 Å². The van der Waals surface area contributed by atoms with Crippen LogP contribution in [-0.4, -0.2) is 44.8 Å². The molecular formula is C19H30O4. The van der Waals surface area contributed by atoms with Gasteiger partial charge in [-0.25, -0.2) is 0 Å². The number of rotatable bonds is 0. The lowest BCUT2D eigenvalue weighted by Gasteiger charge is -2.58. The minimum Gasteiger partial charge on any atom is -0.393 e. The summed E-state index contributed by atoms with van der Waals surface area (Å²) in [6.45, 7) is 4.40. The molecule has 0 unspecified atom stereocenters. The molecule has 9 atom stereocenters. The quantitative estimate of drug-likeness (QED) is 0.511. The molecule has 0 aromatic heterocycles. The summed E-state index contributed by atoms with van der Waals surface area (Å²) in [5, 5.41) is 41.6.